The van der Waals surface area contributed by atoms with Crippen molar-refractivity contribution in [2.24, 2.45) is 0 Å². The maximum Gasteiger partial charge on any atom is 0.307 e. The number of carbonyl (C=O) groups excluding carboxylic acids is 1. The Hall–Kier alpha value is -2.29. The van der Waals surface area contributed by atoms with E-state index in [2.05, 4.69) is 4.90 Å². The molecule has 0 saturated carbocycles. The molecule has 0 aliphatic carbocycles. The third-order valence-corrected chi connectivity index (χ3v) is 3.22. The largest absolute Gasteiger partial charge is 0.441 e. The number of anilines is 2. The molecule has 3 rings (SSSR count). The Morgan fingerprint density at radius 3 is 1.84 bits per heavy atom. The van der Waals surface area contributed by atoms with E-state index in [9.17, 15) is 4.79 Å². The van der Waals surface area contributed by atoms with E-state index in [0.717, 1.165) is 17.8 Å². The number of rotatable bonds is 3. The Morgan fingerprint density at radius 1 is 0.895 bits per heavy atom. The first-order valence-electron chi connectivity index (χ1n) is 6.43. The van der Waals surface area contributed by atoms with Crippen LogP contribution in [0.25, 0.3) is 0 Å². The van der Waals surface area contributed by atoms with Gasteiger partial charge in [-0.1, -0.05) is 36.4 Å². The highest BCUT2D eigenvalue weighted by Gasteiger charge is 2.30. The van der Waals surface area contributed by atoms with Crippen LogP contribution in [0.3, 0.4) is 0 Å². The topological polar surface area (TPSA) is 29.5 Å². The van der Waals surface area contributed by atoms with Crippen LogP contribution < -0.4 is 4.90 Å². The van der Waals surface area contributed by atoms with Gasteiger partial charge in [-0.3, -0.25) is 4.79 Å². The molecule has 1 atom stereocenters. The standard InChI is InChI=1S/C16H15NO2/c18-16-12-11-15(19-16)17(13-7-3-1-4-8-13)14-9-5-2-6-10-14/h1-10,15H,11-12H2. The first kappa shape index (κ1) is 11.8. The summed E-state index contributed by atoms with van der Waals surface area (Å²) >= 11 is 0. The van der Waals surface area contributed by atoms with E-state index in [-0.39, 0.29) is 12.2 Å². The minimum absolute atomic E-state index is 0.123. The molecule has 3 nitrogen and oxygen atoms in total. The number of para-hydroxylation sites is 2. The molecule has 96 valence electrons. The van der Waals surface area contributed by atoms with Crippen molar-refractivity contribution in [2.45, 2.75) is 19.1 Å². The maximum atomic E-state index is 11.4. The summed E-state index contributed by atoms with van der Waals surface area (Å²) in [4.78, 5) is 13.4. The predicted octanol–water partition coefficient (Wildman–Crippen LogP) is 3.49. The van der Waals surface area contributed by atoms with E-state index in [0.29, 0.717) is 6.42 Å². The van der Waals surface area contributed by atoms with Crippen LogP contribution in [0.2, 0.25) is 0 Å². The molecule has 1 fully saturated rings. The van der Waals surface area contributed by atoms with Crippen LogP contribution in [-0.2, 0) is 9.53 Å². The predicted molar refractivity (Wildman–Crippen MR) is 74.1 cm³/mol. The second kappa shape index (κ2) is 5.14. The lowest BCUT2D eigenvalue weighted by Crippen LogP contribution is -2.30. The Kier molecular flexibility index (Phi) is 3.19. The van der Waals surface area contributed by atoms with E-state index < -0.39 is 0 Å². The van der Waals surface area contributed by atoms with Gasteiger partial charge in [-0.15, -0.1) is 0 Å². The SMILES string of the molecule is O=C1CCC(N(c2ccccc2)c2ccccc2)O1. The molecular weight excluding hydrogens is 238 g/mol. The average Bonchev–Trinajstić information content (AvgIpc) is 2.88. The summed E-state index contributed by atoms with van der Waals surface area (Å²) in [5.74, 6) is -0.123. The molecule has 0 amide bonds. The van der Waals surface area contributed by atoms with Gasteiger partial charge in [-0.25, -0.2) is 0 Å². The number of nitrogens with zero attached hydrogens (tertiary/aromatic N) is 1. The zero-order valence-corrected chi connectivity index (χ0v) is 10.5. The van der Waals surface area contributed by atoms with Gasteiger partial charge in [0.15, 0.2) is 6.23 Å². The van der Waals surface area contributed by atoms with Crippen molar-refractivity contribution in [3.8, 4) is 0 Å². The van der Waals surface area contributed by atoms with E-state index in [1.54, 1.807) is 0 Å². The number of ether oxygens (including phenoxy) is 1. The number of carbonyl (C=O) groups is 1. The minimum atomic E-state index is -0.211. The highest BCUT2D eigenvalue weighted by molar-refractivity contribution is 5.74. The molecule has 0 radical (unpaired) electrons. The summed E-state index contributed by atoms with van der Waals surface area (Å²) in [5.41, 5.74) is 2.07. The summed E-state index contributed by atoms with van der Waals surface area (Å²) in [5, 5.41) is 0. The normalized spacial score (nSPS) is 18.1. The quantitative estimate of drug-likeness (QED) is 0.784. The van der Waals surface area contributed by atoms with Gasteiger partial charge in [0.1, 0.15) is 0 Å². The number of hydrogen-bond acceptors (Lipinski definition) is 3. The number of cyclic esters (lactones) is 1. The zero-order chi connectivity index (χ0) is 13.1. The number of esters is 1. The summed E-state index contributed by atoms with van der Waals surface area (Å²) in [7, 11) is 0. The lowest BCUT2D eigenvalue weighted by molar-refractivity contribution is -0.141. The van der Waals surface area contributed by atoms with Crippen molar-refractivity contribution in [1.82, 2.24) is 0 Å². The first-order valence-corrected chi connectivity index (χ1v) is 6.43. The van der Waals surface area contributed by atoms with Crippen LogP contribution in [0.15, 0.2) is 60.7 Å². The van der Waals surface area contributed by atoms with E-state index in [4.69, 9.17) is 4.74 Å². The fraction of sp³-hybridized carbons (Fsp3) is 0.188. The molecule has 1 heterocycles. The van der Waals surface area contributed by atoms with Crippen molar-refractivity contribution >= 4 is 17.3 Å². The van der Waals surface area contributed by atoms with Crippen LogP contribution in [0.4, 0.5) is 11.4 Å². The molecule has 1 aliphatic rings. The van der Waals surface area contributed by atoms with Crippen molar-refractivity contribution in [3.63, 3.8) is 0 Å². The van der Waals surface area contributed by atoms with Gasteiger partial charge >= 0.3 is 5.97 Å². The van der Waals surface area contributed by atoms with Gasteiger partial charge in [0.05, 0.1) is 6.42 Å². The van der Waals surface area contributed by atoms with Gasteiger partial charge in [-0.2, -0.15) is 0 Å². The summed E-state index contributed by atoms with van der Waals surface area (Å²) in [6.07, 6.45) is 1.00. The minimum Gasteiger partial charge on any atom is -0.441 e. The van der Waals surface area contributed by atoms with Crippen LogP contribution in [-0.4, -0.2) is 12.2 Å². The molecule has 1 aliphatic heterocycles. The summed E-state index contributed by atoms with van der Waals surface area (Å²) in [6.45, 7) is 0. The second-order valence-electron chi connectivity index (χ2n) is 4.52. The molecule has 1 saturated heterocycles. The first-order chi connectivity index (χ1) is 9.34. The highest BCUT2D eigenvalue weighted by atomic mass is 16.6. The fourth-order valence-electron chi connectivity index (χ4n) is 2.35. The van der Waals surface area contributed by atoms with Crippen molar-refractivity contribution in [1.29, 1.82) is 0 Å². The lowest BCUT2D eigenvalue weighted by atomic mass is 10.2. The Morgan fingerprint density at radius 2 is 1.42 bits per heavy atom. The molecular formula is C16H15NO2. The Labute approximate surface area is 112 Å². The Balaban J connectivity index is 1.99. The van der Waals surface area contributed by atoms with Crippen LogP contribution >= 0.6 is 0 Å². The molecule has 0 spiro atoms. The van der Waals surface area contributed by atoms with Crippen LogP contribution in [0, 0.1) is 0 Å². The molecule has 3 heteroatoms. The van der Waals surface area contributed by atoms with Crippen LogP contribution in [0.1, 0.15) is 12.8 Å². The molecule has 0 aromatic heterocycles. The van der Waals surface area contributed by atoms with Gasteiger partial charge in [0.25, 0.3) is 0 Å². The lowest BCUT2D eigenvalue weighted by Gasteiger charge is -2.29. The Bertz CT molecular complexity index is 514. The summed E-state index contributed by atoms with van der Waals surface area (Å²) < 4.78 is 5.42. The molecule has 0 bridgehead atoms. The monoisotopic (exact) mass is 253 g/mol. The average molecular weight is 253 g/mol. The maximum absolute atomic E-state index is 11.4. The zero-order valence-electron chi connectivity index (χ0n) is 10.5. The van der Waals surface area contributed by atoms with Gasteiger partial charge < -0.3 is 9.64 Å². The third-order valence-electron chi connectivity index (χ3n) is 3.22. The van der Waals surface area contributed by atoms with Crippen molar-refractivity contribution in [3.05, 3.63) is 60.7 Å². The van der Waals surface area contributed by atoms with Gasteiger partial charge in [-0.05, 0) is 24.3 Å². The van der Waals surface area contributed by atoms with E-state index in [1.807, 2.05) is 60.7 Å². The van der Waals surface area contributed by atoms with E-state index in [1.165, 1.54) is 0 Å². The molecule has 2 aromatic carbocycles. The third kappa shape index (κ3) is 2.45. The fourth-order valence-corrected chi connectivity index (χ4v) is 2.35. The number of benzene rings is 2. The van der Waals surface area contributed by atoms with Crippen molar-refractivity contribution in [2.75, 3.05) is 4.90 Å². The second-order valence-corrected chi connectivity index (χ2v) is 4.52. The van der Waals surface area contributed by atoms with E-state index >= 15 is 0 Å². The highest BCUT2D eigenvalue weighted by Crippen LogP contribution is 2.32. The van der Waals surface area contributed by atoms with Gasteiger partial charge in [0, 0.05) is 17.8 Å². The molecule has 0 N–H and O–H groups in total. The van der Waals surface area contributed by atoms with Gasteiger partial charge in [0.2, 0.25) is 0 Å². The molecule has 19 heavy (non-hydrogen) atoms. The smallest absolute Gasteiger partial charge is 0.307 e. The van der Waals surface area contributed by atoms with Crippen molar-refractivity contribution < 1.29 is 9.53 Å². The van der Waals surface area contributed by atoms with Crippen LogP contribution in [0.5, 0.6) is 0 Å². The molecule has 2 aromatic rings. The number of hydrogen-bond donors (Lipinski definition) is 0. The molecule has 1 unspecified atom stereocenters. The summed E-state index contributed by atoms with van der Waals surface area (Å²) in [6, 6.07) is 20.0.